The van der Waals surface area contributed by atoms with E-state index in [4.69, 9.17) is 5.26 Å². The molecule has 1 heterocycles. The summed E-state index contributed by atoms with van der Waals surface area (Å²) in [5, 5.41) is 11.3. The first-order valence-corrected chi connectivity index (χ1v) is 8.00. The van der Waals surface area contributed by atoms with Crippen molar-refractivity contribution in [3.63, 3.8) is 0 Å². The highest BCUT2D eigenvalue weighted by Gasteiger charge is 2.23. The summed E-state index contributed by atoms with van der Waals surface area (Å²) in [5.41, 5.74) is 0. The second-order valence-corrected chi connectivity index (χ2v) is 6.89. The number of thiophene rings is 1. The zero-order valence-electron chi connectivity index (χ0n) is 10.6. The van der Waals surface area contributed by atoms with Gasteiger partial charge < -0.3 is 5.32 Å². The molecule has 1 amide bonds. The Kier molecular flexibility index (Phi) is 5.47. The Morgan fingerprint density at radius 2 is 2.21 bits per heavy atom. The maximum atomic E-state index is 12.0. The molecule has 0 aromatic carbocycles. The van der Waals surface area contributed by atoms with Crippen molar-refractivity contribution in [3.8, 4) is 6.07 Å². The molecule has 0 aliphatic carbocycles. The Morgan fingerprint density at radius 3 is 2.74 bits per heavy atom. The van der Waals surface area contributed by atoms with Gasteiger partial charge in [0, 0.05) is 6.54 Å². The molecule has 0 radical (unpaired) electrons. The Hall–Kier alpha value is -1.43. The first-order chi connectivity index (χ1) is 8.90. The summed E-state index contributed by atoms with van der Waals surface area (Å²) in [6.07, 6.45) is 0.779. The Morgan fingerprint density at radius 1 is 1.53 bits per heavy atom. The lowest BCUT2D eigenvalue weighted by Crippen LogP contribution is -2.44. The van der Waals surface area contributed by atoms with E-state index in [0.717, 1.165) is 17.8 Å². The van der Waals surface area contributed by atoms with Gasteiger partial charge in [0.2, 0.25) is 5.91 Å². The van der Waals surface area contributed by atoms with E-state index in [1.54, 1.807) is 0 Å². The van der Waals surface area contributed by atoms with E-state index >= 15 is 0 Å². The number of carbonyl (C=O) groups excluding carboxylic acids is 1. The Bertz CT molecular complexity index is 587. The van der Waals surface area contributed by atoms with Crippen LogP contribution in [0.4, 0.5) is 0 Å². The zero-order chi connectivity index (χ0) is 14.5. The van der Waals surface area contributed by atoms with Crippen LogP contribution in [0, 0.1) is 11.3 Å². The molecular weight excluding hydrogens is 286 g/mol. The molecule has 0 spiro atoms. The van der Waals surface area contributed by atoms with Gasteiger partial charge in [0.05, 0.1) is 6.04 Å². The van der Waals surface area contributed by atoms with Gasteiger partial charge in [-0.3, -0.25) is 4.79 Å². The molecule has 8 heteroatoms. The largest absolute Gasteiger partial charge is 0.355 e. The minimum atomic E-state index is -3.76. The number of nitriles is 1. The summed E-state index contributed by atoms with van der Waals surface area (Å²) in [4.78, 5) is 11.9. The van der Waals surface area contributed by atoms with Crippen LogP contribution in [0.1, 0.15) is 25.1 Å². The highest BCUT2D eigenvalue weighted by molar-refractivity contribution is 7.91. The van der Waals surface area contributed by atoms with Gasteiger partial charge in [-0.2, -0.15) is 9.98 Å². The molecule has 0 aliphatic heterocycles. The molecule has 1 aromatic heterocycles. The van der Waals surface area contributed by atoms with Crippen molar-refractivity contribution in [1.29, 1.82) is 5.26 Å². The standard InChI is InChI=1S/C11H15N3O3S2/c1-3-6-13-11(15)8(2)14-19(16,17)10-5-4-9(7-12)18-10/h4-5,8,14H,3,6H2,1-2H3,(H,13,15). The summed E-state index contributed by atoms with van der Waals surface area (Å²) in [5.74, 6) is -0.373. The average Bonchev–Trinajstić information content (AvgIpc) is 2.84. The predicted molar refractivity (Wildman–Crippen MR) is 72.1 cm³/mol. The van der Waals surface area contributed by atoms with Crippen LogP contribution in [0.2, 0.25) is 0 Å². The van der Waals surface area contributed by atoms with E-state index in [0.29, 0.717) is 11.4 Å². The number of carbonyl (C=O) groups is 1. The van der Waals surface area contributed by atoms with Crippen LogP contribution in [-0.2, 0) is 14.8 Å². The van der Waals surface area contributed by atoms with Crippen molar-refractivity contribution in [1.82, 2.24) is 10.0 Å². The SMILES string of the molecule is CCCNC(=O)C(C)NS(=O)(=O)c1ccc(C#N)s1. The number of hydrogen-bond acceptors (Lipinski definition) is 5. The minimum Gasteiger partial charge on any atom is -0.355 e. The summed E-state index contributed by atoms with van der Waals surface area (Å²) in [6.45, 7) is 3.88. The molecule has 1 aromatic rings. The Balaban J connectivity index is 2.74. The predicted octanol–water partition coefficient (Wildman–Crippen LogP) is 0.813. The smallest absolute Gasteiger partial charge is 0.250 e. The number of hydrogen-bond donors (Lipinski definition) is 2. The van der Waals surface area contributed by atoms with Crippen LogP contribution in [-0.4, -0.2) is 26.9 Å². The fourth-order valence-corrected chi connectivity index (χ4v) is 3.59. The summed E-state index contributed by atoms with van der Waals surface area (Å²) < 4.78 is 26.2. The fourth-order valence-electron chi connectivity index (χ4n) is 1.27. The summed E-state index contributed by atoms with van der Waals surface area (Å²) >= 11 is 0.868. The van der Waals surface area contributed by atoms with Crippen LogP contribution in [0.15, 0.2) is 16.3 Å². The fraction of sp³-hybridized carbons (Fsp3) is 0.455. The van der Waals surface area contributed by atoms with Gasteiger partial charge in [0.15, 0.2) is 0 Å². The van der Waals surface area contributed by atoms with E-state index in [-0.39, 0.29) is 10.1 Å². The monoisotopic (exact) mass is 301 g/mol. The molecule has 19 heavy (non-hydrogen) atoms. The van der Waals surface area contributed by atoms with Gasteiger partial charge in [-0.15, -0.1) is 11.3 Å². The van der Waals surface area contributed by atoms with Crippen molar-refractivity contribution in [2.75, 3.05) is 6.54 Å². The second kappa shape index (κ2) is 6.65. The van der Waals surface area contributed by atoms with Gasteiger partial charge in [-0.05, 0) is 25.5 Å². The van der Waals surface area contributed by atoms with Crippen LogP contribution in [0.5, 0.6) is 0 Å². The zero-order valence-corrected chi connectivity index (χ0v) is 12.3. The van der Waals surface area contributed by atoms with E-state index < -0.39 is 16.1 Å². The molecule has 1 unspecified atom stereocenters. The third-order valence-corrected chi connectivity index (χ3v) is 5.25. The molecule has 1 rings (SSSR count). The van der Waals surface area contributed by atoms with E-state index in [1.807, 2.05) is 13.0 Å². The van der Waals surface area contributed by atoms with Crippen molar-refractivity contribution < 1.29 is 13.2 Å². The van der Waals surface area contributed by atoms with Crippen molar-refractivity contribution >= 4 is 27.3 Å². The summed E-state index contributed by atoms with van der Waals surface area (Å²) in [6, 6.07) is 3.79. The van der Waals surface area contributed by atoms with Crippen LogP contribution in [0.3, 0.4) is 0 Å². The van der Waals surface area contributed by atoms with Crippen molar-refractivity contribution in [3.05, 3.63) is 17.0 Å². The van der Waals surface area contributed by atoms with Crippen LogP contribution >= 0.6 is 11.3 Å². The van der Waals surface area contributed by atoms with Gasteiger partial charge in [0.25, 0.3) is 10.0 Å². The van der Waals surface area contributed by atoms with Crippen LogP contribution < -0.4 is 10.0 Å². The number of sulfonamides is 1. The average molecular weight is 301 g/mol. The normalized spacial score (nSPS) is 12.7. The van der Waals surface area contributed by atoms with E-state index in [2.05, 4.69) is 10.0 Å². The lowest BCUT2D eigenvalue weighted by atomic mass is 10.3. The second-order valence-electron chi connectivity index (χ2n) is 3.86. The first kappa shape index (κ1) is 15.6. The third-order valence-electron chi connectivity index (χ3n) is 2.23. The van der Waals surface area contributed by atoms with Gasteiger partial charge in [-0.25, -0.2) is 8.42 Å². The first-order valence-electron chi connectivity index (χ1n) is 5.70. The molecule has 1 atom stereocenters. The molecule has 0 bridgehead atoms. The molecule has 0 saturated heterocycles. The van der Waals surface area contributed by atoms with E-state index in [9.17, 15) is 13.2 Å². The number of amides is 1. The number of nitrogens with one attached hydrogen (secondary N) is 2. The molecular formula is C11H15N3O3S2. The maximum absolute atomic E-state index is 12.0. The molecule has 0 fully saturated rings. The number of nitrogens with zero attached hydrogens (tertiary/aromatic N) is 1. The minimum absolute atomic E-state index is 0.0270. The van der Waals surface area contributed by atoms with Crippen LogP contribution in [0.25, 0.3) is 0 Å². The lowest BCUT2D eigenvalue weighted by molar-refractivity contribution is -0.122. The topological polar surface area (TPSA) is 99.1 Å². The molecule has 104 valence electrons. The van der Waals surface area contributed by atoms with Crippen molar-refractivity contribution in [2.24, 2.45) is 0 Å². The molecule has 0 saturated carbocycles. The Labute approximate surface area is 116 Å². The van der Waals surface area contributed by atoms with E-state index in [1.165, 1.54) is 19.1 Å². The number of rotatable bonds is 6. The van der Waals surface area contributed by atoms with Gasteiger partial charge in [-0.1, -0.05) is 6.92 Å². The molecule has 0 aliphatic rings. The third kappa shape index (κ3) is 4.31. The quantitative estimate of drug-likeness (QED) is 0.812. The van der Waals surface area contributed by atoms with Gasteiger partial charge >= 0.3 is 0 Å². The highest BCUT2D eigenvalue weighted by atomic mass is 32.2. The van der Waals surface area contributed by atoms with Gasteiger partial charge in [0.1, 0.15) is 15.2 Å². The van der Waals surface area contributed by atoms with Crippen molar-refractivity contribution in [2.45, 2.75) is 30.5 Å². The molecule has 2 N–H and O–H groups in total. The highest BCUT2D eigenvalue weighted by Crippen LogP contribution is 2.20. The lowest BCUT2D eigenvalue weighted by Gasteiger charge is -2.13. The maximum Gasteiger partial charge on any atom is 0.250 e. The summed E-state index contributed by atoms with van der Waals surface area (Å²) in [7, 11) is -3.76. The molecule has 6 nitrogen and oxygen atoms in total.